The van der Waals surface area contributed by atoms with Gasteiger partial charge in [-0.2, -0.15) is 0 Å². The van der Waals surface area contributed by atoms with Gasteiger partial charge in [-0.05, 0) is 63.3 Å². The Kier molecular flexibility index (Phi) is 6.84. The van der Waals surface area contributed by atoms with Gasteiger partial charge in [0, 0.05) is 11.4 Å². The fourth-order valence-electron chi connectivity index (χ4n) is 2.53. The third-order valence-electron chi connectivity index (χ3n) is 3.87. The van der Waals surface area contributed by atoms with Gasteiger partial charge in [0.2, 0.25) is 5.91 Å². The first-order valence-electron chi connectivity index (χ1n) is 7.95. The second kappa shape index (κ2) is 8.89. The molecule has 120 valence electrons. The van der Waals surface area contributed by atoms with Gasteiger partial charge in [-0.1, -0.05) is 11.6 Å². The van der Waals surface area contributed by atoms with Crippen molar-refractivity contribution in [2.45, 2.75) is 49.2 Å². The van der Waals surface area contributed by atoms with E-state index in [1.165, 1.54) is 31.3 Å². The second-order valence-electron chi connectivity index (χ2n) is 5.58. The molecule has 1 aliphatic rings. The lowest BCUT2D eigenvalue weighted by Gasteiger charge is -2.15. The molecule has 0 fully saturated rings. The van der Waals surface area contributed by atoms with Crippen LogP contribution in [0.4, 0.5) is 0 Å². The molecule has 22 heavy (non-hydrogen) atoms. The van der Waals surface area contributed by atoms with E-state index >= 15 is 0 Å². The number of carbonyl (C=O) groups excluding carboxylic acids is 1. The van der Waals surface area contributed by atoms with Crippen molar-refractivity contribution < 1.29 is 9.53 Å². The highest BCUT2D eigenvalue weighted by Gasteiger charge is 2.14. The summed E-state index contributed by atoms with van der Waals surface area (Å²) in [4.78, 5) is 13.2. The summed E-state index contributed by atoms with van der Waals surface area (Å²) in [5.41, 5.74) is 1.50. The molecule has 3 nitrogen and oxygen atoms in total. The van der Waals surface area contributed by atoms with Gasteiger partial charge < -0.3 is 10.1 Å². The number of methoxy groups -OCH3 is 1. The Bertz CT molecular complexity index is 510. The third-order valence-corrected chi connectivity index (χ3v) is 4.98. The Hall–Kier alpha value is -1.42. The lowest BCUT2D eigenvalue weighted by molar-refractivity contribution is -0.120. The maximum absolute atomic E-state index is 12.1. The molecule has 4 heteroatoms. The zero-order chi connectivity index (χ0) is 15.8. The minimum absolute atomic E-state index is 0.0891. The van der Waals surface area contributed by atoms with E-state index in [9.17, 15) is 4.79 Å². The summed E-state index contributed by atoms with van der Waals surface area (Å²) in [6.45, 7) is 2.70. The van der Waals surface area contributed by atoms with E-state index in [0.29, 0.717) is 0 Å². The molecule has 0 bridgehead atoms. The van der Waals surface area contributed by atoms with Crippen LogP contribution in [0.5, 0.6) is 5.75 Å². The Morgan fingerprint density at radius 1 is 1.32 bits per heavy atom. The fourth-order valence-corrected chi connectivity index (χ4v) is 3.43. The van der Waals surface area contributed by atoms with Crippen molar-refractivity contribution in [3.8, 4) is 5.75 Å². The van der Waals surface area contributed by atoms with Crippen LogP contribution in [0, 0.1) is 0 Å². The molecule has 0 spiro atoms. The number of hydrogen-bond donors (Lipinski definition) is 1. The van der Waals surface area contributed by atoms with E-state index in [0.717, 1.165) is 23.6 Å². The highest BCUT2D eigenvalue weighted by molar-refractivity contribution is 8.00. The summed E-state index contributed by atoms with van der Waals surface area (Å²) < 4.78 is 5.14. The van der Waals surface area contributed by atoms with E-state index in [4.69, 9.17) is 4.74 Å². The predicted molar refractivity (Wildman–Crippen MR) is 92.5 cm³/mol. The molecule has 1 amide bonds. The lowest BCUT2D eigenvalue weighted by atomic mass is 9.97. The first kappa shape index (κ1) is 16.9. The number of amides is 1. The van der Waals surface area contributed by atoms with Crippen LogP contribution >= 0.6 is 11.8 Å². The minimum Gasteiger partial charge on any atom is -0.497 e. The first-order valence-corrected chi connectivity index (χ1v) is 8.83. The number of hydrogen-bond acceptors (Lipinski definition) is 3. The minimum atomic E-state index is -0.0891. The molecule has 0 saturated carbocycles. The average Bonchev–Trinajstić information content (AvgIpc) is 2.56. The smallest absolute Gasteiger partial charge is 0.233 e. The highest BCUT2D eigenvalue weighted by Crippen LogP contribution is 2.25. The fraction of sp³-hybridized carbons (Fsp3) is 0.500. The maximum atomic E-state index is 12.1. The van der Waals surface area contributed by atoms with Gasteiger partial charge in [0.25, 0.3) is 0 Å². The molecule has 0 radical (unpaired) electrons. The molecule has 1 aliphatic carbocycles. The molecular weight excluding hydrogens is 294 g/mol. The van der Waals surface area contributed by atoms with Crippen LogP contribution in [0.15, 0.2) is 40.8 Å². The standard InChI is InChI=1S/C18H25NO2S/c1-14(22-17-10-8-16(21-2)9-11-17)18(20)19-13-12-15-6-4-3-5-7-15/h6,8-11,14H,3-5,7,12-13H2,1-2H3,(H,19,20)/t14-/m1/s1. The van der Waals surface area contributed by atoms with Gasteiger partial charge in [0.15, 0.2) is 0 Å². The molecule has 0 heterocycles. The van der Waals surface area contributed by atoms with Crippen molar-refractivity contribution in [2.24, 2.45) is 0 Å². The number of thioether (sulfide) groups is 1. The quantitative estimate of drug-likeness (QED) is 0.605. The van der Waals surface area contributed by atoms with Crippen molar-refractivity contribution >= 4 is 17.7 Å². The zero-order valence-electron chi connectivity index (χ0n) is 13.4. The van der Waals surface area contributed by atoms with Crippen LogP contribution in [0.1, 0.15) is 39.0 Å². The van der Waals surface area contributed by atoms with Gasteiger partial charge in [0.1, 0.15) is 5.75 Å². The van der Waals surface area contributed by atoms with Crippen molar-refractivity contribution in [3.05, 3.63) is 35.9 Å². The number of rotatable bonds is 7. The average molecular weight is 319 g/mol. The third kappa shape index (κ3) is 5.41. The molecule has 1 N–H and O–H groups in total. The molecule has 0 unspecified atom stereocenters. The second-order valence-corrected chi connectivity index (χ2v) is 7.00. The summed E-state index contributed by atoms with van der Waals surface area (Å²) in [5, 5.41) is 2.96. The normalized spacial score (nSPS) is 15.8. The Labute approximate surface area is 137 Å². The van der Waals surface area contributed by atoms with Crippen molar-refractivity contribution in [1.82, 2.24) is 5.32 Å². The monoisotopic (exact) mass is 319 g/mol. The summed E-state index contributed by atoms with van der Waals surface area (Å²) in [7, 11) is 1.65. The van der Waals surface area contributed by atoms with Crippen LogP contribution in [0.2, 0.25) is 0 Å². The van der Waals surface area contributed by atoms with E-state index < -0.39 is 0 Å². The zero-order valence-corrected chi connectivity index (χ0v) is 14.2. The molecular formula is C18H25NO2S. The van der Waals surface area contributed by atoms with Gasteiger partial charge in [0.05, 0.1) is 12.4 Å². The highest BCUT2D eigenvalue weighted by atomic mass is 32.2. The molecule has 1 aromatic rings. The molecule has 0 aromatic heterocycles. The van der Waals surface area contributed by atoms with Gasteiger partial charge >= 0.3 is 0 Å². The molecule has 1 aromatic carbocycles. The SMILES string of the molecule is COc1ccc(S[C@H](C)C(=O)NCCC2=CCCCC2)cc1. The molecule has 1 atom stereocenters. The maximum Gasteiger partial charge on any atom is 0.233 e. The number of benzene rings is 1. The van der Waals surface area contributed by atoms with E-state index in [2.05, 4.69) is 11.4 Å². The van der Waals surface area contributed by atoms with E-state index in [1.807, 2.05) is 31.2 Å². The van der Waals surface area contributed by atoms with Gasteiger partial charge in [-0.15, -0.1) is 11.8 Å². The van der Waals surface area contributed by atoms with E-state index in [-0.39, 0.29) is 11.2 Å². The topological polar surface area (TPSA) is 38.3 Å². The van der Waals surface area contributed by atoms with Crippen LogP contribution in [-0.2, 0) is 4.79 Å². The summed E-state index contributed by atoms with van der Waals surface area (Å²) in [5.74, 6) is 0.944. The number of nitrogens with one attached hydrogen (secondary N) is 1. The summed E-state index contributed by atoms with van der Waals surface area (Å²) in [6, 6.07) is 7.81. The van der Waals surface area contributed by atoms with Gasteiger partial charge in [-0.3, -0.25) is 4.79 Å². The molecule has 2 rings (SSSR count). The number of carbonyl (C=O) groups is 1. The van der Waals surface area contributed by atoms with Crippen molar-refractivity contribution in [3.63, 3.8) is 0 Å². The largest absolute Gasteiger partial charge is 0.497 e. The number of allylic oxidation sites excluding steroid dienone is 1. The van der Waals surface area contributed by atoms with Crippen molar-refractivity contribution in [2.75, 3.05) is 13.7 Å². The van der Waals surface area contributed by atoms with E-state index in [1.54, 1.807) is 18.9 Å². The Balaban J connectivity index is 1.72. The van der Waals surface area contributed by atoms with Gasteiger partial charge in [-0.25, -0.2) is 0 Å². The van der Waals surface area contributed by atoms with Crippen LogP contribution in [0.3, 0.4) is 0 Å². The Morgan fingerprint density at radius 2 is 2.09 bits per heavy atom. The first-order chi connectivity index (χ1) is 10.7. The van der Waals surface area contributed by atoms with Crippen LogP contribution < -0.4 is 10.1 Å². The lowest BCUT2D eigenvalue weighted by Crippen LogP contribution is -2.31. The number of ether oxygens (including phenoxy) is 1. The molecule has 0 aliphatic heterocycles. The molecule has 0 saturated heterocycles. The summed E-state index contributed by atoms with van der Waals surface area (Å²) in [6.07, 6.45) is 8.34. The van der Waals surface area contributed by atoms with Crippen LogP contribution in [0.25, 0.3) is 0 Å². The predicted octanol–water partition coefficient (Wildman–Crippen LogP) is 4.18. The van der Waals surface area contributed by atoms with Crippen LogP contribution in [-0.4, -0.2) is 24.8 Å². The van der Waals surface area contributed by atoms with Crippen molar-refractivity contribution in [1.29, 1.82) is 0 Å². The Morgan fingerprint density at radius 3 is 2.73 bits per heavy atom. The summed E-state index contributed by atoms with van der Waals surface area (Å²) >= 11 is 1.57.